The number of aromatic hydroxyl groups is 1. The summed E-state index contributed by atoms with van der Waals surface area (Å²) < 4.78 is 14.0. The number of aliphatic hydroxyl groups is 1. The molecule has 0 spiro atoms. The van der Waals surface area contributed by atoms with Gasteiger partial charge in [0.2, 0.25) is 0 Å². The number of hydrogen-bond donors (Lipinski definition) is 2. The van der Waals surface area contributed by atoms with Crippen LogP contribution < -0.4 is 20.4 Å². The summed E-state index contributed by atoms with van der Waals surface area (Å²) in [5.41, 5.74) is 0. The number of hydrogen-bond acceptors (Lipinski definition) is 4. The van der Waals surface area contributed by atoms with E-state index in [9.17, 15) is 10.2 Å². The van der Waals surface area contributed by atoms with Gasteiger partial charge in [0.1, 0.15) is 0 Å². The number of fused-ring (bicyclic) bond motifs is 3. The van der Waals surface area contributed by atoms with Crippen molar-refractivity contribution in [3.63, 3.8) is 0 Å². The minimum atomic E-state index is -4.39. The normalized spacial score (nSPS) is 12.7. The van der Waals surface area contributed by atoms with E-state index in [2.05, 4.69) is 0 Å². The van der Waals surface area contributed by atoms with E-state index >= 15 is 0 Å². The molecule has 6 aromatic carbocycles. The molecule has 0 aromatic heterocycles. The molecule has 6 rings (SSSR count). The molecule has 38 heavy (non-hydrogen) atoms. The van der Waals surface area contributed by atoms with Gasteiger partial charge in [-0.25, -0.2) is 0 Å². The summed E-state index contributed by atoms with van der Waals surface area (Å²) in [5.74, 6) is 0.333. The molecule has 0 atom stereocenters. The van der Waals surface area contributed by atoms with Gasteiger partial charge in [0.15, 0.2) is 0 Å². The van der Waals surface area contributed by atoms with Crippen molar-refractivity contribution < 1.29 is 19.3 Å². The Hall–Kier alpha value is -4.21. The number of rotatable bonds is 7. The van der Waals surface area contributed by atoms with Crippen LogP contribution in [0.25, 0.3) is 21.5 Å². The van der Waals surface area contributed by atoms with Crippen LogP contribution in [0.3, 0.4) is 0 Å². The molecule has 0 fully saturated rings. The molecule has 0 aliphatic carbocycles. The predicted octanol–water partition coefficient (Wildman–Crippen LogP) is 6.40. The molecule has 0 radical (unpaired) electrons. The van der Waals surface area contributed by atoms with E-state index in [4.69, 9.17) is 9.05 Å². The Morgan fingerprint density at radius 2 is 0.842 bits per heavy atom. The number of phenols is 1. The van der Waals surface area contributed by atoms with Crippen molar-refractivity contribution in [2.75, 3.05) is 6.79 Å². The Morgan fingerprint density at radius 1 is 0.474 bits per heavy atom. The van der Waals surface area contributed by atoms with Crippen molar-refractivity contribution in [3.05, 3.63) is 140 Å². The monoisotopic (exact) mass is 518 g/mol. The molecule has 5 heteroatoms. The van der Waals surface area contributed by atoms with Crippen LogP contribution in [0.4, 0.5) is 0 Å². The standard InChI is InChI=1S/C33H27O4P/c34-24-36-38(25-14-4-1-5-15-25,26-16-6-2-7-17-26,27-18-8-3-9-19-27)37-33-31-23-13-11-21-29(31)28-20-10-12-22-30(28)32(33)35/h1-23,34-35H,24H2. The zero-order valence-corrected chi connectivity index (χ0v) is 21.5. The molecule has 188 valence electrons. The van der Waals surface area contributed by atoms with Crippen molar-refractivity contribution in [3.8, 4) is 11.5 Å². The Balaban J connectivity index is 1.82. The van der Waals surface area contributed by atoms with Crippen LogP contribution in [0.1, 0.15) is 0 Å². The van der Waals surface area contributed by atoms with Crippen LogP contribution in [0.5, 0.6) is 11.5 Å². The first-order chi connectivity index (χ1) is 18.7. The predicted molar refractivity (Wildman–Crippen MR) is 157 cm³/mol. The Kier molecular flexibility index (Phi) is 6.09. The fourth-order valence-electron chi connectivity index (χ4n) is 5.42. The molecule has 0 unspecified atom stereocenters. The zero-order chi connectivity index (χ0) is 26.0. The van der Waals surface area contributed by atoms with Crippen molar-refractivity contribution in [1.29, 1.82) is 0 Å². The van der Waals surface area contributed by atoms with Gasteiger partial charge in [-0.05, 0) is 0 Å². The van der Waals surface area contributed by atoms with E-state index in [-0.39, 0.29) is 5.75 Å². The van der Waals surface area contributed by atoms with E-state index < -0.39 is 13.9 Å². The molecule has 4 nitrogen and oxygen atoms in total. The van der Waals surface area contributed by atoms with Gasteiger partial charge in [-0.15, -0.1) is 0 Å². The second-order valence-electron chi connectivity index (χ2n) is 9.08. The minimum absolute atomic E-state index is 0.0256. The summed E-state index contributed by atoms with van der Waals surface area (Å²) in [5, 5.41) is 28.0. The van der Waals surface area contributed by atoms with Crippen LogP contribution in [-0.4, -0.2) is 17.0 Å². The summed E-state index contributed by atoms with van der Waals surface area (Å²) in [6.45, 7) is -0.594. The SMILES string of the molecule is OCOP(Oc1c(O)c2ccccc2c2ccccc12)(c1ccccc1)(c1ccccc1)c1ccccc1. The van der Waals surface area contributed by atoms with E-state index in [0.29, 0.717) is 11.1 Å². The summed E-state index contributed by atoms with van der Waals surface area (Å²) in [6, 6.07) is 44.8. The van der Waals surface area contributed by atoms with Gasteiger partial charge in [-0.1, -0.05) is 0 Å². The fourth-order valence-corrected chi connectivity index (χ4v) is 10.0. The van der Waals surface area contributed by atoms with Crippen LogP contribution in [0.15, 0.2) is 140 Å². The molecule has 0 aliphatic heterocycles. The topological polar surface area (TPSA) is 58.9 Å². The fraction of sp³-hybridized carbons (Fsp3) is 0.0303. The Morgan fingerprint density at radius 3 is 1.29 bits per heavy atom. The average molecular weight is 519 g/mol. The molecule has 0 saturated carbocycles. The second-order valence-corrected chi connectivity index (χ2v) is 13.0. The van der Waals surface area contributed by atoms with E-state index in [1.807, 2.05) is 140 Å². The molecule has 0 heterocycles. The van der Waals surface area contributed by atoms with Gasteiger partial charge in [0.25, 0.3) is 0 Å². The average Bonchev–Trinajstić information content (AvgIpc) is 3.00. The Bertz CT molecular complexity index is 1620. The summed E-state index contributed by atoms with van der Waals surface area (Å²) in [6.07, 6.45) is 0. The summed E-state index contributed by atoms with van der Waals surface area (Å²) in [4.78, 5) is 0. The van der Waals surface area contributed by atoms with Gasteiger partial charge in [-0.2, -0.15) is 0 Å². The van der Waals surface area contributed by atoms with Crippen molar-refractivity contribution in [1.82, 2.24) is 0 Å². The molecule has 0 bridgehead atoms. The van der Waals surface area contributed by atoms with Crippen molar-refractivity contribution in [2.45, 2.75) is 0 Å². The molecule has 0 amide bonds. The van der Waals surface area contributed by atoms with Crippen LogP contribution >= 0.6 is 7.06 Å². The summed E-state index contributed by atoms with van der Waals surface area (Å²) in [7, 11) is -4.39. The molecular weight excluding hydrogens is 491 g/mol. The number of benzene rings is 6. The maximum atomic E-state index is 11.8. The zero-order valence-electron chi connectivity index (χ0n) is 20.6. The molecule has 0 aliphatic rings. The van der Waals surface area contributed by atoms with Crippen molar-refractivity contribution in [2.24, 2.45) is 0 Å². The Labute approximate surface area is 221 Å². The number of aliphatic hydroxyl groups excluding tert-OH is 1. The molecule has 0 saturated heterocycles. The van der Waals surface area contributed by atoms with E-state index in [1.54, 1.807) is 0 Å². The molecular formula is C33H27O4P. The van der Waals surface area contributed by atoms with Gasteiger partial charge in [-0.3, -0.25) is 0 Å². The second kappa shape index (κ2) is 9.59. The van der Waals surface area contributed by atoms with Gasteiger partial charge >= 0.3 is 222 Å². The third kappa shape index (κ3) is 3.50. The van der Waals surface area contributed by atoms with E-state index in [0.717, 1.165) is 32.1 Å². The van der Waals surface area contributed by atoms with E-state index in [1.165, 1.54) is 0 Å². The third-order valence-electron chi connectivity index (χ3n) is 7.10. The number of phenolic OH excluding ortho intramolecular Hbond substituents is 1. The van der Waals surface area contributed by atoms with Crippen LogP contribution in [-0.2, 0) is 4.52 Å². The van der Waals surface area contributed by atoms with Crippen LogP contribution in [0, 0.1) is 0 Å². The third-order valence-corrected chi connectivity index (χ3v) is 12.0. The van der Waals surface area contributed by atoms with Gasteiger partial charge in [0, 0.05) is 0 Å². The van der Waals surface area contributed by atoms with Gasteiger partial charge < -0.3 is 0 Å². The van der Waals surface area contributed by atoms with Crippen molar-refractivity contribution >= 4 is 44.5 Å². The quantitative estimate of drug-likeness (QED) is 0.146. The van der Waals surface area contributed by atoms with Gasteiger partial charge in [0.05, 0.1) is 0 Å². The first kappa shape index (κ1) is 24.1. The maximum absolute atomic E-state index is 11.8. The first-order valence-electron chi connectivity index (χ1n) is 12.5. The molecule has 6 aromatic rings. The summed E-state index contributed by atoms with van der Waals surface area (Å²) >= 11 is 0. The molecule has 2 N–H and O–H groups in total. The first-order valence-corrected chi connectivity index (χ1v) is 14.5. The van der Waals surface area contributed by atoms with Crippen LogP contribution in [0.2, 0.25) is 0 Å².